The van der Waals surface area contributed by atoms with Crippen LogP contribution in [-0.4, -0.2) is 44.8 Å². The lowest BCUT2D eigenvalue weighted by Gasteiger charge is -2.21. The minimum absolute atomic E-state index is 0.0299. The molecule has 1 unspecified atom stereocenters. The minimum Gasteiger partial charge on any atom is -0.481 e. The van der Waals surface area contributed by atoms with Gasteiger partial charge in [0.25, 0.3) is 5.91 Å². The van der Waals surface area contributed by atoms with Gasteiger partial charge in [-0.1, -0.05) is 6.92 Å². The van der Waals surface area contributed by atoms with Crippen molar-refractivity contribution < 1.29 is 14.7 Å². The summed E-state index contributed by atoms with van der Waals surface area (Å²) in [5, 5.41) is 13.3. The Balaban J connectivity index is 2.24. The number of carboxylic acids is 1. The minimum atomic E-state index is -0.885. The molecule has 2 rings (SSSR count). The molecule has 0 spiro atoms. The zero-order valence-corrected chi connectivity index (χ0v) is 13.6. The van der Waals surface area contributed by atoms with Crippen LogP contribution in [0.25, 0.3) is 0 Å². The maximum atomic E-state index is 12.7. The molecule has 6 heteroatoms. The van der Waals surface area contributed by atoms with E-state index >= 15 is 0 Å². The van der Waals surface area contributed by atoms with Crippen molar-refractivity contribution in [1.82, 2.24) is 14.7 Å². The second kappa shape index (κ2) is 6.94. The largest absolute Gasteiger partial charge is 0.481 e. The number of carboxylic acid groups (broad SMARTS) is 1. The molecule has 1 aromatic rings. The Kier molecular flexibility index (Phi) is 5.21. The Morgan fingerprint density at radius 2 is 2.14 bits per heavy atom. The average molecular weight is 307 g/mol. The summed E-state index contributed by atoms with van der Waals surface area (Å²) in [6.45, 7) is 6.83. The highest BCUT2D eigenvalue weighted by molar-refractivity contribution is 5.95. The van der Waals surface area contributed by atoms with Crippen LogP contribution in [0.4, 0.5) is 0 Å². The van der Waals surface area contributed by atoms with Gasteiger partial charge in [-0.3, -0.25) is 14.3 Å². The second-order valence-corrected chi connectivity index (χ2v) is 5.95. The number of hydrogen-bond donors (Lipinski definition) is 1. The molecule has 0 saturated heterocycles. The fourth-order valence-corrected chi connectivity index (χ4v) is 2.63. The van der Waals surface area contributed by atoms with Gasteiger partial charge < -0.3 is 10.0 Å². The first kappa shape index (κ1) is 16.5. The summed E-state index contributed by atoms with van der Waals surface area (Å²) >= 11 is 0. The van der Waals surface area contributed by atoms with Gasteiger partial charge in [0.2, 0.25) is 0 Å². The van der Waals surface area contributed by atoms with Gasteiger partial charge in [0.05, 0.1) is 23.9 Å². The van der Waals surface area contributed by atoms with Crippen LogP contribution < -0.4 is 0 Å². The van der Waals surface area contributed by atoms with Crippen LogP contribution in [0.3, 0.4) is 0 Å². The van der Waals surface area contributed by atoms with Crippen molar-refractivity contribution in [2.45, 2.75) is 58.4 Å². The number of nitrogens with zero attached hydrogens (tertiary/aromatic N) is 3. The first-order chi connectivity index (χ1) is 10.5. The van der Waals surface area contributed by atoms with E-state index in [9.17, 15) is 9.59 Å². The lowest BCUT2D eigenvalue weighted by molar-refractivity contribution is -0.137. The third-order valence-corrected chi connectivity index (χ3v) is 4.30. The SMILES string of the molecule is CCC(C)n1ncc(C(=O)N(CC)CCC(=O)O)c1C1CC1. The summed E-state index contributed by atoms with van der Waals surface area (Å²) in [5.74, 6) is -0.558. The number of carbonyl (C=O) groups is 2. The maximum absolute atomic E-state index is 12.7. The van der Waals surface area contributed by atoms with Crippen LogP contribution in [0.5, 0.6) is 0 Å². The van der Waals surface area contributed by atoms with E-state index in [2.05, 4.69) is 18.9 Å². The molecule has 1 heterocycles. The van der Waals surface area contributed by atoms with Crippen LogP contribution in [0.15, 0.2) is 6.20 Å². The normalized spacial score (nSPS) is 15.6. The van der Waals surface area contributed by atoms with E-state index in [1.165, 1.54) is 0 Å². The second-order valence-electron chi connectivity index (χ2n) is 5.95. The van der Waals surface area contributed by atoms with Gasteiger partial charge in [-0.2, -0.15) is 5.10 Å². The maximum Gasteiger partial charge on any atom is 0.305 e. The Morgan fingerprint density at radius 3 is 2.64 bits per heavy atom. The van der Waals surface area contributed by atoms with Crippen LogP contribution in [-0.2, 0) is 4.79 Å². The highest BCUT2D eigenvalue weighted by atomic mass is 16.4. The van der Waals surface area contributed by atoms with Gasteiger partial charge in [0, 0.05) is 25.0 Å². The fourth-order valence-electron chi connectivity index (χ4n) is 2.63. The van der Waals surface area contributed by atoms with E-state index in [-0.39, 0.29) is 24.9 Å². The first-order valence-corrected chi connectivity index (χ1v) is 8.08. The van der Waals surface area contributed by atoms with Crippen molar-refractivity contribution in [3.05, 3.63) is 17.5 Å². The monoisotopic (exact) mass is 307 g/mol. The van der Waals surface area contributed by atoms with Crippen LogP contribution in [0.1, 0.15) is 74.5 Å². The number of hydrogen-bond acceptors (Lipinski definition) is 3. The lowest BCUT2D eigenvalue weighted by atomic mass is 10.1. The summed E-state index contributed by atoms with van der Waals surface area (Å²) in [6.07, 6.45) is 4.79. The molecule has 122 valence electrons. The summed E-state index contributed by atoms with van der Waals surface area (Å²) in [7, 11) is 0. The molecule has 1 aliphatic carbocycles. The molecule has 1 atom stereocenters. The standard InChI is InChI=1S/C16H25N3O3/c1-4-11(3)19-15(12-6-7-12)13(10-17-19)16(22)18(5-2)9-8-14(20)21/h10-12H,4-9H2,1-3H3,(H,20,21). The predicted molar refractivity (Wildman–Crippen MR) is 83.0 cm³/mol. The molecule has 1 fully saturated rings. The average Bonchev–Trinajstić information content (AvgIpc) is 3.24. The topological polar surface area (TPSA) is 75.4 Å². The molecule has 1 saturated carbocycles. The number of aromatic nitrogens is 2. The third kappa shape index (κ3) is 3.48. The van der Waals surface area contributed by atoms with E-state index in [4.69, 9.17) is 5.11 Å². The van der Waals surface area contributed by atoms with Crippen LogP contribution >= 0.6 is 0 Å². The van der Waals surface area contributed by atoms with Crippen molar-refractivity contribution in [3.8, 4) is 0 Å². The molecule has 0 bridgehead atoms. The van der Waals surface area contributed by atoms with Crippen LogP contribution in [0, 0.1) is 0 Å². The Labute approximate surface area is 131 Å². The molecule has 6 nitrogen and oxygen atoms in total. The van der Waals surface area contributed by atoms with Crippen molar-refractivity contribution in [3.63, 3.8) is 0 Å². The van der Waals surface area contributed by atoms with E-state index in [0.29, 0.717) is 18.0 Å². The summed E-state index contributed by atoms with van der Waals surface area (Å²) in [6, 6.07) is 0.270. The van der Waals surface area contributed by atoms with Gasteiger partial charge in [0.1, 0.15) is 0 Å². The zero-order valence-electron chi connectivity index (χ0n) is 13.6. The molecule has 1 aromatic heterocycles. The molecule has 1 aliphatic rings. The third-order valence-electron chi connectivity index (χ3n) is 4.30. The van der Waals surface area contributed by atoms with Gasteiger partial charge in [-0.15, -0.1) is 0 Å². The van der Waals surface area contributed by atoms with Crippen LogP contribution in [0.2, 0.25) is 0 Å². The summed E-state index contributed by atoms with van der Waals surface area (Å²) in [4.78, 5) is 25.1. The van der Waals surface area contributed by atoms with Gasteiger partial charge in [-0.25, -0.2) is 0 Å². The number of aliphatic carboxylic acids is 1. The van der Waals surface area contributed by atoms with Gasteiger partial charge in [0.15, 0.2) is 0 Å². The quantitative estimate of drug-likeness (QED) is 0.801. The highest BCUT2D eigenvalue weighted by Gasteiger charge is 2.34. The van der Waals surface area contributed by atoms with Gasteiger partial charge >= 0.3 is 5.97 Å². The van der Waals surface area contributed by atoms with Gasteiger partial charge in [-0.05, 0) is 33.1 Å². The fraction of sp³-hybridized carbons (Fsp3) is 0.688. The predicted octanol–water partition coefficient (Wildman–Crippen LogP) is 2.67. The molecular weight excluding hydrogens is 282 g/mol. The first-order valence-electron chi connectivity index (χ1n) is 8.08. The van der Waals surface area contributed by atoms with E-state index in [0.717, 1.165) is 25.0 Å². The van der Waals surface area contributed by atoms with E-state index in [1.54, 1.807) is 11.1 Å². The lowest BCUT2D eigenvalue weighted by Crippen LogP contribution is -2.33. The van der Waals surface area contributed by atoms with E-state index < -0.39 is 5.97 Å². The molecule has 0 aromatic carbocycles. The molecule has 0 radical (unpaired) electrons. The molecule has 1 N–H and O–H groups in total. The summed E-state index contributed by atoms with van der Waals surface area (Å²) in [5.41, 5.74) is 1.68. The van der Waals surface area contributed by atoms with Crippen molar-refractivity contribution in [2.24, 2.45) is 0 Å². The van der Waals surface area contributed by atoms with Crippen molar-refractivity contribution in [2.75, 3.05) is 13.1 Å². The Hall–Kier alpha value is -1.85. The summed E-state index contributed by atoms with van der Waals surface area (Å²) < 4.78 is 1.98. The Bertz CT molecular complexity index is 549. The van der Waals surface area contributed by atoms with Crippen molar-refractivity contribution in [1.29, 1.82) is 0 Å². The number of rotatable bonds is 8. The van der Waals surface area contributed by atoms with Crippen molar-refractivity contribution >= 4 is 11.9 Å². The zero-order chi connectivity index (χ0) is 16.3. The highest BCUT2D eigenvalue weighted by Crippen LogP contribution is 2.43. The molecular formula is C16H25N3O3. The van der Waals surface area contributed by atoms with E-state index in [1.807, 2.05) is 11.6 Å². The number of carbonyl (C=O) groups excluding carboxylic acids is 1. The smallest absolute Gasteiger partial charge is 0.305 e. The molecule has 22 heavy (non-hydrogen) atoms. The molecule has 1 amide bonds. The Morgan fingerprint density at radius 1 is 1.45 bits per heavy atom. The molecule has 0 aliphatic heterocycles. The number of amides is 1.